The van der Waals surface area contributed by atoms with Crippen molar-refractivity contribution in [2.45, 2.75) is 25.3 Å². The van der Waals surface area contributed by atoms with Crippen molar-refractivity contribution in [1.29, 1.82) is 0 Å². The van der Waals surface area contributed by atoms with E-state index in [4.69, 9.17) is 4.74 Å². The van der Waals surface area contributed by atoms with Crippen molar-refractivity contribution in [2.75, 3.05) is 7.11 Å². The number of aromatic nitrogens is 1. The molecule has 0 aliphatic heterocycles. The van der Waals surface area contributed by atoms with Crippen LogP contribution >= 0.6 is 0 Å². The molecule has 1 aromatic heterocycles. The molecule has 5 nitrogen and oxygen atoms in total. The van der Waals surface area contributed by atoms with Gasteiger partial charge in [0.1, 0.15) is 5.75 Å². The van der Waals surface area contributed by atoms with Crippen LogP contribution in [-0.2, 0) is 23.6 Å². The molecule has 0 bridgehead atoms. The topological polar surface area (TPSA) is 60.3 Å². The Balaban J connectivity index is 2.27. The van der Waals surface area contributed by atoms with Gasteiger partial charge in [-0.05, 0) is 48.7 Å². The monoisotopic (exact) mass is 308 g/mol. The fraction of sp³-hybridized carbons (Fsp3) is 0.333. The summed E-state index contributed by atoms with van der Waals surface area (Å²) in [7, 11) is -0.0863. The van der Waals surface area contributed by atoms with Crippen molar-refractivity contribution in [3.05, 3.63) is 47.3 Å². The Bertz CT molecular complexity index is 725. The maximum absolute atomic E-state index is 12.5. The van der Waals surface area contributed by atoms with Crippen LogP contribution in [0.15, 0.2) is 35.5 Å². The van der Waals surface area contributed by atoms with E-state index >= 15 is 0 Å². The van der Waals surface area contributed by atoms with Gasteiger partial charge in [-0.15, -0.1) is 0 Å². The second kappa shape index (κ2) is 5.91. The number of benzene rings is 1. The number of nitrogens with one attached hydrogen (secondary N) is 1. The van der Waals surface area contributed by atoms with Gasteiger partial charge < -0.3 is 9.30 Å². The van der Waals surface area contributed by atoms with Crippen molar-refractivity contribution < 1.29 is 13.2 Å². The minimum absolute atomic E-state index is 0.272. The van der Waals surface area contributed by atoms with E-state index in [1.165, 1.54) is 0 Å². The highest BCUT2D eigenvalue weighted by Gasteiger charge is 2.20. The number of aryl methyl sites for hydroxylation is 3. The van der Waals surface area contributed by atoms with E-state index in [0.29, 0.717) is 21.8 Å². The molecule has 0 aliphatic carbocycles. The summed E-state index contributed by atoms with van der Waals surface area (Å²) in [6, 6.07) is 5.34. The molecule has 0 atom stereocenters. The zero-order valence-corrected chi connectivity index (χ0v) is 13.5. The number of methoxy groups -OCH3 is 1. The predicted molar refractivity (Wildman–Crippen MR) is 81.9 cm³/mol. The quantitative estimate of drug-likeness (QED) is 0.920. The highest BCUT2D eigenvalue weighted by Crippen LogP contribution is 2.25. The van der Waals surface area contributed by atoms with E-state index in [-0.39, 0.29) is 6.54 Å². The van der Waals surface area contributed by atoms with Crippen molar-refractivity contribution in [3.8, 4) is 5.75 Å². The molecule has 0 fully saturated rings. The van der Waals surface area contributed by atoms with Gasteiger partial charge in [0.05, 0.1) is 12.0 Å². The average molecular weight is 308 g/mol. The Labute approximate surface area is 125 Å². The van der Waals surface area contributed by atoms with Crippen LogP contribution in [0.1, 0.15) is 16.7 Å². The lowest BCUT2D eigenvalue weighted by molar-refractivity contribution is 0.413. The minimum atomic E-state index is -3.55. The van der Waals surface area contributed by atoms with E-state index in [0.717, 1.165) is 5.56 Å². The first-order chi connectivity index (χ1) is 9.83. The second-order valence-corrected chi connectivity index (χ2v) is 6.80. The number of sulfonamides is 1. The zero-order valence-electron chi connectivity index (χ0n) is 12.7. The Morgan fingerprint density at radius 3 is 2.33 bits per heavy atom. The van der Waals surface area contributed by atoms with Crippen LogP contribution in [-0.4, -0.2) is 20.1 Å². The zero-order chi connectivity index (χ0) is 15.6. The van der Waals surface area contributed by atoms with Gasteiger partial charge in [-0.2, -0.15) is 0 Å². The van der Waals surface area contributed by atoms with Gasteiger partial charge in [-0.1, -0.05) is 0 Å². The lowest BCUT2D eigenvalue weighted by Gasteiger charge is -2.13. The van der Waals surface area contributed by atoms with Gasteiger partial charge in [0.15, 0.2) is 0 Å². The molecule has 1 aromatic carbocycles. The van der Waals surface area contributed by atoms with Crippen LogP contribution in [0.25, 0.3) is 0 Å². The summed E-state index contributed by atoms with van der Waals surface area (Å²) in [6.45, 7) is 3.81. The molecule has 6 heteroatoms. The van der Waals surface area contributed by atoms with Crippen molar-refractivity contribution in [1.82, 2.24) is 9.29 Å². The molecule has 0 aliphatic rings. The third-order valence-electron chi connectivity index (χ3n) is 3.30. The van der Waals surface area contributed by atoms with Crippen LogP contribution in [0.3, 0.4) is 0 Å². The van der Waals surface area contributed by atoms with Crippen LogP contribution in [0.5, 0.6) is 5.75 Å². The van der Waals surface area contributed by atoms with Crippen LogP contribution in [0, 0.1) is 13.8 Å². The van der Waals surface area contributed by atoms with E-state index in [1.54, 1.807) is 33.1 Å². The Hall–Kier alpha value is -1.79. The van der Waals surface area contributed by atoms with Crippen LogP contribution in [0.4, 0.5) is 0 Å². The molecule has 0 radical (unpaired) electrons. The van der Waals surface area contributed by atoms with Crippen LogP contribution < -0.4 is 9.46 Å². The van der Waals surface area contributed by atoms with E-state index in [2.05, 4.69) is 4.72 Å². The van der Waals surface area contributed by atoms with Crippen LogP contribution in [0.2, 0.25) is 0 Å². The third kappa shape index (κ3) is 3.46. The molecular weight excluding hydrogens is 288 g/mol. The van der Waals surface area contributed by atoms with Crippen molar-refractivity contribution in [2.24, 2.45) is 7.05 Å². The molecule has 2 aromatic rings. The first-order valence-electron chi connectivity index (χ1n) is 6.59. The molecule has 21 heavy (non-hydrogen) atoms. The predicted octanol–water partition coefficient (Wildman–Crippen LogP) is 2.13. The van der Waals surface area contributed by atoms with Gasteiger partial charge in [-0.3, -0.25) is 0 Å². The second-order valence-electron chi connectivity index (χ2n) is 5.10. The molecule has 0 saturated carbocycles. The highest BCUT2D eigenvalue weighted by molar-refractivity contribution is 7.89. The summed E-state index contributed by atoms with van der Waals surface area (Å²) in [4.78, 5) is 0.319. The maximum atomic E-state index is 12.5. The van der Waals surface area contributed by atoms with Gasteiger partial charge >= 0.3 is 0 Å². The summed E-state index contributed by atoms with van der Waals surface area (Å²) in [6.07, 6.45) is 3.77. The summed E-state index contributed by atoms with van der Waals surface area (Å²) >= 11 is 0. The molecule has 0 saturated heterocycles. The Morgan fingerprint density at radius 2 is 1.86 bits per heavy atom. The molecule has 1 heterocycles. The number of rotatable bonds is 5. The first-order valence-corrected chi connectivity index (χ1v) is 8.07. The maximum Gasteiger partial charge on any atom is 0.241 e. The highest BCUT2D eigenvalue weighted by atomic mass is 32.2. The average Bonchev–Trinajstić information content (AvgIpc) is 2.81. The fourth-order valence-corrected chi connectivity index (χ4v) is 3.83. The summed E-state index contributed by atoms with van der Waals surface area (Å²) < 4.78 is 34.7. The van der Waals surface area contributed by atoms with Gasteiger partial charge in [-0.25, -0.2) is 13.1 Å². The molecule has 0 unspecified atom stereocenters. The minimum Gasteiger partial charge on any atom is -0.497 e. The summed E-state index contributed by atoms with van der Waals surface area (Å²) in [5.74, 6) is 0.659. The van der Waals surface area contributed by atoms with Gasteiger partial charge in [0, 0.05) is 26.0 Å². The van der Waals surface area contributed by atoms with Gasteiger partial charge in [0.2, 0.25) is 10.0 Å². The normalized spacial score (nSPS) is 11.6. The number of hydrogen-bond acceptors (Lipinski definition) is 3. The third-order valence-corrected chi connectivity index (χ3v) is 5.00. The lowest BCUT2D eigenvalue weighted by Crippen LogP contribution is -2.24. The van der Waals surface area contributed by atoms with E-state index < -0.39 is 10.0 Å². The van der Waals surface area contributed by atoms with Crippen molar-refractivity contribution >= 4 is 10.0 Å². The Kier molecular flexibility index (Phi) is 4.39. The number of nitrogens with zero attached hydrogens (tertiary/aromatic N) is 1. The number of ether oxygens (including phenoxy) is 1. The largest absolute Gasteiger partial charge is 0.497 e. The summed E-state index contributed by atoms with van der Waals surface area (Å²) in [5.41, 5.74) is 2.27. The molecule has 1 N–H and O–H groups in total. The molecule has 2 rings (SSSR count). The molecule has 0 spiro atoms. The van der Waals surface area contributed by atoms with Crippen molar-refractivity contribution in [3.63, 3.8) is 0 Å². The first kappa shape index (κ1) is 15.6. The molecule has 114 valence electrons. The molecule has 0 amide bonds. The Morgan fingerprint density at radius 1 is 1.24 bits per heavy atom. The smallest absolute Gasteiger partial charge is 0.241 e. The number of hydrogen-bond donors (Lipinski definition) is 1. The molecular formula is C15H20N2O3S. The standard InChI is InChI=1S/C15H20N2O3S/c1-11-7-14(20-4)8-12(2)15(11)21(18,19)16-9-13-5-6-17(3)10-13/h5-8,10,16H,9H2,1-4H3. The SMILES string of the molecule is COc1cc(C)c(S(=O)(=O)NCc2ccn(C)c2)c(C)c1. The lowest BCUT2D eigenvalue weighted by atomic mass is 10.1. The van der Waals surface area contributed by atoms with E-state index in [1.807, 2.05) is 30.1 Å². The van der Waals surface area contributed by atoms with E-state index in [9.17, 15) is 8.42 Å². The fourth-order valence-electron chi connectivity index (χ4n) is 2.37. The van der Waals surface area contributed by atoms with Gasteiger partial charge in [0.25, 0.3) is 0 Å². The summed E-state index contributed by atoms with van der Waals surface area (Å²) in [5, 5.41) is 0.